The second-order valence-corrected chi connectivity index (χ2v) is 5.29. The molecule has 0 amide bonds. The van der Waals surface area contributed by atoms with Gasteiger partial charge in [-0.25, -0.2) is 0 Å². The molecule has 1 heterocycles. The van der Waals surface area contributed by atoms with E-state index in [-0.39, 0.29) is 5.91 Å². The van der Waals surface area contributed by atoms with Gasteiger partial charge in [-0.1, -0.05) is 35.4 Å². The number of carbonyl (C=O) groups is 2. The van der Waals surface area contributed by atoms with Gasteiger partial charge in [-0.2, -0.15) is 0 Å². The fourth-order valence-corrected chi connectivity index (χ4v) is 2.73. The second-order valence-electron chi connectivity index (χ2n) is 4.88. The monoisotopic (exact) mass is 297 g/mol. The van der Waals surface area contributed by atoms with Crippen LogP contribution < -0.4 is 0 Å². The molecule has 0 aliphatic heterocycles. The minimum atomic E-state index is -0.181. The minimum Gasteiger partial charge on any atom is -0.298 e. The van der Waals surface area contributed by atoms with Crippen molar-refractivity contribution in [1.29, 1.82) is 0 Å². The lowest BCUT2D eigenvalue weighted by molar-refractivity contribution is 0.0965. The van der Waals surface area contributed by atoms with Crippen LogP contribution in [0.1, 0.15) is 26.3 Å². The molecule has 2 aromatic carbocycles. The van der Waals surface area contributed by atoms with E-state index < -0.39 is 0 Å². The molecule has 0 unspecified atom stereocenters. The zero-order chi connectivity index (χ0) is 15.0. The number of hydrogen-bond acceptors (Lipinski definition) is 2. The Balaban J connectivity index is 2.24. The number of rotatable bonds is 2. The van der Waals surface area contributed by atoms with Crippen molar-refractivity contribution < 1.29 is 9.59 Å². The average Bonchev–Trinajstić information content (AvgIpc) is 2.86. The van der Waals surface area contributed by atoms with Crippen molar-refractivity contribution >= 4 is 34.7 Å². The molecule has 4 heteroatoms. The lowest BCUT2D eigenvalue weighted by Gasteiger charge is -2.05. The van der Waals surface area contributed by atoms with E-state index in [0.29, 0.717) is 33.3 Å². The van der Waals surface area contributed by atoms with E-state index >= 15 is 0 Å². The second kappa shape index (κ2) is 5.19. The summed E-state index contributed by atoms with van der Waals surface area (Å²) in [5.41, 5.74) is 2.63. The summed E-state index contributed by atoms with van der Waals surface area (Å²) in [7, 11) is 0. The summed E-state index contributed by atoms with van der Waals surface area (Å²) in [5.74, 6) is -0.181. The first-order chi connectivity index (χ1) is 10.1. The molecule has 1 aromatic heterocycles. The van der Waals surface area contributed by atoms with Gasteiger partial charge in [-0.15, -0.1) is 0 Å². The maximum Gasteiger partial charge on any atom is 0.262 e. The predicted molar refractivity (Wildman–Crippen MR) is 83.2 cm³/mol. The van der Waals surface area contributed by atoms with Crippen LogP contribution in [-0.4, -0.2) is 16.8 Å². The maximum absolute atomic E-state index is 12.7. The van der Waals surface area contributed by atoms with Crippen LogP contribution in [0.25, 0.3) is 10.9 Å². The number of hydrogen-bond donors (Lipinski definition) is 0. The molecule has 0 atom stereocenters. The van der Waals surface area contributed by atoms with Gasteiger partial charge >= 0.3 is 0 Å². The van der Waals surface area contributed by atoms with Crippen LogP contribution in [-0.2, 0) is 0 Å². The highest BCUT2D eigenvalue weighted by Gasteiger charge is 2.16. The average molecular weight is 298 g/mol. The fourth-order valence-electron chi connectivity index (χ4n) is 2.45. The largest absolute Gasteiger partial charge is 0.298 e. The van der Waals surface area contributed by atoms with Crippen molar-refractivity contribution in [3.63, 3.8) is 0 Å². The first-order valence-corrected chi connectivity index (χ1v) is 6.85. The highest BCUT2D eigenvalue weighted by molar-refractivity contribution is 6.36. The van der Waals surface area contributed by atoms with Crippen molar-refractivity contribution in [2.45, 2.75) is 6.92 Å². The van der Waals surface area contributed by atoms with Gasteiger partial charge in [0.25, 0.3) is 5.91 Å². The molecule has 0 bridgehead atoms. The third kappa shape index (κ3) is 2.26. The smallest absolute Gasteiger partial charge is 0.262 e. The maximum atomic E-state index is 12.7. The Morgan fingerprint density at radius 2 is 1.95 bits per heavy atom. The molecule has 3 nitrogen and oxygen atoms in total. The van der Waals surface area contributed by atoms with Crippen LogP contribution in [0.2, 0.25) is 5.02 Å². The molecule has 21 heavy (non-hydrogen) atoms. The molecule has 0 saturated heterocycles. The lowest BCUT2D eigenvalue weighted by atomic mass is 10.1. The number of halogens is 1. The Labute approximate surface area is 126 Å². The zero-order valence-corrected chi connectivity index (χ0v) is 12.1. The van der Waals surface area contributed by atoms with Crippen LogP contribution >= 0.6 is 11.6 Å². The summed E-state index contributed by atoms with van der Waals surface area (Å²) in [5, 5.41) is 1.07. The number of carbonyl (C=O) groups excluding carboxylic acids is 2. The Hall–Kier alpha value is -2.39. The molecule has 0 saturated carbocycles. The molecule has 3 aromatic rings. The molecular formula is C17H12ClNO2. The van der Waals surface area contributed by atoms with Crippen molar-refractivity contribution in [2.75, 3.05) is 0 Å². The van der Waals surface area contributed by atoms with Crippen molar-refractivity contribution in [1.82, 2.24) is 4.57 Å². The van der Waals surface area contributed by atoms with E-state index in [1.54, 1.807) is 24.3 Å². The topological polar surface area (TPSA) is 39.1 Å². The summed E-state index contributed by atoms with van der Waals surface area (Å²) in [4.78, 5) is 23.9. The van der Waals surface area contributed by atoms with Gasteiger partial charge in [-0.3, -0.25) is 14.2 Å². The first-order valence-electron chi connectivity index (χ1n) is 6.48. The van der Waals surface area contributed by atoms with Crippen LogP contribution in [0.3, 0.4) is 0 Å². The number of nitrogens with zero attached hydrogens (tertiary/aromatic N) is 1. The molecule has 0 radical (unpaired) electrons. The number of aldehydes is 1. The summed E-state index contributed by atoms with van der Waals surface area (Å²) in [6.07, 6.45) is 2.25. The highest BCUT2D eigenvalue weighted by Crippen LogP contribution is 2.28. The van der Waals surface area contributed by atoms with Crippen molar-refractivity contribution in [3.8, 4) is 0 Å². The molecular weight excluding hydrogens is 286 g/mol. The SMILES string of the molecule is Cc1cccc(C(=O)n2cc(C=O)c3c(Cl)cccc32)c1. The zero-order valence-electron chi connectivity index (χ0n) is 11.3. The number of fused-ring (bicyclic) bond motifs is 1. The Morgan fingerprint density at radius 1 is 1.19 bits per heavy atom. The Kier molecular flexibility index (Phi) is 3.35. The van der Waals surface area contributed by atoms with Gasteiger partial charge in [0.15, 0.2) is 6.29 Å². The first kappa shape index (κ1) is 13.6. The van der Waals surface area contributed by atoms with Gasteiger partial charge in [0, 0.05) is 22.7 Å². The summed E-state index contributed by atoms with van der Waals surface area (Å²) < 4.78 is 1.47. The molecule has 0 fully saturated rings. The van der Waals surface area contributed by atoms with Crippen LogP contribution in [0.5, 0.6) is 0 Å². The molecule has 0 spiro atoms. The normalized spacial score (nSPS) is 10.8. The molecule has 0 aliphatic rings. The van der Waals surface area contributed by atoms with Gasteiger partial charge < -0.3 is 0 Å². The lowest BCUT2D eigenvalue weighted by Crippen LogP contribution is -2.10. The van der Waals surface area contributed by atoms with E-state index in [0.717, 1.165) is 5.56 Å². The van der Waals surface area contributed by atoms with Gasteiger partial charge in [0.1, 0.15) is 0 Å². The van der Waals surface area contributed by atoms with Gasteiger partial charge in [0.2, 0.25) is 0 Å². The highest BCUT2D eigenvalue weighted by atomic mass is 35.5. The van der Waals surface area contributed by atoms with Gasteiger partial charge in [-0.05, 0) is 31.2 Å². The third-order valence-electron chi connectivity index (χ3n) is 3.42. The van der Waals surface area contributed by atoms with Crippen LogP contribution in [0.4, 0.5) is 0 Å². The standard InChI is InChI=1S/C17H12ClNO2/c1-11-4-2-5-12(8-11)17(21)19-9-13(10-20)16-14(18)6-3-7-15(16)19/h2-10H,1H3. The van der Waals surface area contributed by atoms with Crippen molar-refractivity contribution in [2.24, 2.45) is 0 Å². The summed E-state index contributed by atoms with van der Waals surface area (Å²) in [6.45, 7) is 1.93. The number of aryl methyl sites for hydroxylation is 1. The van der Waals surface area contributed by atoms with E-state index in [9.17, 15) is 9.59 Å². The summed E-state index contributed by atoms with van der Waals surface area (Å²) in [6, 6.07) is 12.6. The van der Waals surface area contributed by atoms with E-state index in [1.807, 2.05) is 25.1 Å². The van der Waals surface area contributed by atoms with E-state index in [2.05, 4.69) is 0 Å². The van der Waals surface area contributed by atoms with Crippen LogP contribution in [0.15, 0.2) is 48.7 Å². The number of aromatic nitrogens is 1. The van der Waals surface area contributed by atoms with Crippen molar-refractivity contribution in [3.05, 3.63) is 70.4 Å². The number of benzene rings is 2. The van der Waals surface area contributed by atoms with Gasteiger partial charge in [0.05, 0.1) is 10.5 Å². The molecule has 0 N–H and O–H groups in total. The van der Waals surface area contributed by atoms with E-state index in [4.69, 9.17) is 11.6 Å². The molecule has 3 rings (SSSR count). The van der Waals surface area contributed by atoms with Crippen LogP contribution in [0, 0.1) is 6.92 Å². The minimum absolute atomic E-state index is 0.181. The molecule has 0 aliphatic carbocycles. The quantitative estimate of drug-likeness (QED) is 0.668. The molecule has 104 valence electrons. The summed E-state index contributed by atoms with van der Waals surface area (Å²) >= 11 is 6.15. The van der Waals surface area contributed by atoms with E-state index in [1.165, 1.54) is 10.8 Å². The predicted octanol–water partition coefficient (Wildman–Crippen LogP) is 4.10. The Bertz CT molecular complexity index is 864. The third-order valence-corrected chi connectivity index (χ3v) is 3.73. The Morgan fingerprint density at radius 3 is 2.67 bits per heavy atom. The fraction of sp³-hybridized carbons (Fsp3) is 0.0588.